The predicted molar refractivity (Wildman–Crippen MR) is 69.5 cm³/mol. The van der Waals surface area contributed by atoms with Gasteiger partial charge in [-0.15, -0.1) is 0 Å². The standard InChI is InChI=1S/C14H17N3O/c1-13(2)14(3,4)17(18)12(16-13)11-7-5-10(9-15)6-8-11/h5-8,18H,1-4H3. The maximum absolute atomic E-state index is 10.3. The lowest BCUT2D eigenvalue weighted by molar-refractivity contribution is -0.0992. The Hall–Kier alpha value is -1.86. The smallest absolute Gasteiger partial charge is 0.156 e. The molecule has 4 nitrogen and oxygen atoms in total. The summed E-state index contributed by atoms with van der Waals surface area (Å²) < 4.78 is 0. The average molecular weight is 243 g/mol. The van der Waals surface area contributed by atoms with Gasteiger partial charge < -0.3 is 0 Å². The van der Waals surface area contributed by atoms with Gasteiger partial charge in [-0.25, -0.2) is 5.06 Å². The molecule has 0 fully saturated rings. The van der Waals surface area contributed by atoms with Crippen LogP contribution >= 0.6 is 0 Å². The van der Waals surface area contributed by atoms with Crippen LogP contribution in [0.3, 0.4) is 0 Å². The minimum atomic E-state index is -0.462. The summed E-state index contributed by atoms with van der Waals surface area (Å²) in [6, 6.07) is 9.13. The van der Waals surface area contributed by atoms with Crippen LogP contribution in [0.25, 0.3) is 0 Å². The molecule has 1 heterocycles. The second-order valence-corrected chi connectivity index (χ2v) is 5.55. The van der Waals surface area contributed by atoms with Crippen molar-refractivity contribution in [1.29, 1.82) is 5.26 Å². The van der Waals surface area contributed by atoms with Crippen molar-refractivity contribution in [3.8, 4) is 6.07 Å². The molecule has 0 amide bonds. The van der Waals surface area contributed by atoms with E-state index in [2.05, 4.69) is 11.1 Å². The molecule has 0 saturated carbocycles. The van der Waals surface area contributed by atoms with Gasteiger partial charge in [-0.1, -0.05) is 0 Å². The van der Waals surface area contributed by atoms with Crippen LogP contribution in [0, 0.1) is 11.3 Å². The summed E-state index contributed by atoms with van der Waals surface area (Å²) in [6.07, 6.45) is 0. The highest BCUT2D eigenvalue weighted by molar-refractivity contribution is 6.00. The molecule has 1 aromatic rings. The number of rotatable bonds is 1. The van der Waals surface area contributed by atoms with E-state index in [0.29, 0.717) is 11.4 Å². The molecule has 1 N–H and O–H groups in total. The van der Waals surface area contributed by atoms with E-state index in [-0.39, 0.29) is 5.54 Å². The number of nitriles is 1. The van der Waals surface area contributed by atoms with Gasteiger partial charge in [-0.3, -0.25) is 10.2 Å². The van der Waals surface area contributed by atoms with Crippen LogP contribution in [0.1, 0.15) is 38.8 Å². The second kappa shape index (κ2) is 3.82. The molecule has 0 radical (unpaired) electrons. The Kier molecular flexibility index (Phi) is 2.67. The van der Waals surface area contributed by atoms with Crippen LogP contribution in [0.5, 0.6) is 0 Å². The number of hydroxylamine groups is 2. The van der Waals surface area contributed by atoms with E-state index >= 15 is 0 Å². The van der Waals surface area contributed by atoms with E-state index in [1.54, 1.807) is 24.3 Å². The topological polar surface area (TPSA) is 59.6 Å². The van der Waals surface area contributed by atoms with Gasteiger partial charge >= 0.3 is 0 Å². The zero-order chi connectivity index (χ0) is 13.6. The number of nitrogens with zero attached hydrogens (tertiary/aromatic N) is 3. The van der Waals surface area contributed by atoms with E-state index in [9.17, 15) is 5.21 Å². The molecule has 0 unspecified atom stereocenters. The molecule has 94 valence electrons. The fraction of sp³-hybridized carbons (Fsp3) is 0.429. The molecule has 0 saturated heterocycles. The maximum atomic E-state index is 10.3. The van der Waals surface area contributed by atoms with Gasteiger partial charge in [0.15, 0.2) is 5.84 Å². The van der Waals surface area contributed by atoms with Gasteiger partial charge in [0.25, 0.3) is 0 Å². The molecule has 0 bridgehead atoms. The molecule has 1 aliphatic rings. The average Bonchev–Trinajstić information content (AvgIpc) is 2.50. The van der Waals surface area contributed by atoms with Crippen LogP contribution in [-0.2, 0) is 0 Å². The van der Waals surface area contributed by atoms with Crippen molar-refractivity contribution in [2.45, 2.75) is 38.8 Å². The Morgan fingerprint density at radius 2 is 1.72 bits per heavy atom. The summed E-state index contributed by atoms with van der Waals surface area (Å²) in [7, 11) is 0. The minimum Gasteiger partial charge on any atom is -0.286 e. The number of hydrogen-bond donors (Lipinski definition) is 1. The van der Waals surface area contributed by atoms with Crippen LogP contribution in [-0.4, -0.2) is 27.2 Å². The molecular weight excluding hydrogens is 226 g/mol. The number of amidine groups is 1. The second-order valence-electron chi connectivity index (χ2n) is 5.55. The van der Waals surface area contributed by atoms with Gasteiger partial charge in [0.1, 0.15) is 0 Å². The van der Waals surface area contributed by atoms with Crippen LogP contribution in [0.15, 0.2) is 29.3 Å². The molecule has 0 aliphatic carbocycles. The normalized spacial score (nSPS) is 20.4. The monoisotopic (exact) mass is 243 g/mol. The first-order valence-electron chi connectivity index (χ1n) is 5.89. The largest absolute Gasteiger partial charge is 0.286 e. The molecule has 18 heavy (non-hydrogen) atoms. The zero-order valence-electron chi connectivity index (χ0n) is 11.1. The maximum Gasteiger partial charge on any atom is 0.156 e. The van der Waals surface area contributed by atoms with Crippen LogP contribution < -0.4 is 0 Å². The Labute approximate surface area is 107 Å². The van der Waals surface area contributed by atoms with Gasteiger partial charge in [-0.05, 0) is 52.0 Å². The fourth-order valence-electron chi connectivity index (χ4n) is 1.85. The van der Waals surface area contributed by atoms with Crippen LogP contribution in [0.2, 0.25) is 0 Å². The Balaban J connectivity index is 2.43. The first-order chi connectivity index (χ1) is 8.29. The minimum absolute atomic E-state index is 0.370. The lowest BCUT2D eigenvalue weighted by Crippen LogP contribution is -2.51. The third kappa shape index (κ3) is 1.68. The molecule has 2 rings (SSSR count). The summed E-state index contributed by atoms with van der Waals surface area (Å²) in [4.78, 5) is 4.59. The van der Waals surface area contributed by atoms with Gasteiger partial charge in [0.2, 0.25) is 0 Å². The summed E-state index contributed by atoms with van der Waals surface area (Å²) in [6.45, 7) is 7.89. The SMILES string of the molecule is CC1(C)N=C(c2ccc(C#N)cc2)N(O)C1(C)C. The molecule has 0 spiro atoms. The third-order valence-electron chi connectivity index (χ3n) is 3.88. The van der Waals surface area contributed by atoms with Crippen molar-refractivity contribution < 1.29 is 5.21 Å². The Morgan fingerprint density at radius 1 is 1.17 bits per heavy atom. The molecule has 4 heteroatoms. The summed E-state index contributed by atoms with van der Waals surface area (Å²) in [5, 5.41) is 20.3. The molecule has 1 aromatic carbocycles. The lowest BCUT2D eigenvalue weighted by atomic mass is 9.84. The van der Waals surface area contributed by atoms with E-state index in [4.69, 9.17) is 5.26 Å². The van der Waals surface area contributed by atoms with Crippen molar-refractivity contribution in [1.82, 2.24) is 5.06 Å². The predicted octanol–water partition coefficient (Wildman–Crippen LogP) is 2.57. The Bertz CT molecular complexity index is 535. The van der Waals surface area contributed by atoms with E-state index in [1.807, 2.05) is 27.7 Å². The number of hydrogen-bond acceptors (Lipinski definition) is 4. The van der Waals surface area contributed by atoms with Crippen molar-refractivity contribution in [3.05, 3.63) is 35.4 Å². The molecular formula is C14H17N3O. The van der Waals surface area contributed by atoms with Crippen molar-refractivity contribution in [2.24, 2.45) is 4.99 Å². The lowest BCUT2D eigenvalue weighted by Gasteiger charge is -2.36. The fourth-order valence-corrected chi connectivity index (χ4v) is 1.85. The van der Waals surface area contributed by atoms with E-state index < -0.39 is 5.54 Å². The van der Waals surface area contributed by atoms with Crippen molar-refractivity contribution in [2.75, 3.05) is 0 Å². The molecule has 1 aliphatic heterocycles. The third-order valence-corrected chi connectivity index (χ3v) is 3.88. The summed E-state index contributed by atoms with van der Waals surface area (Å²) in [5.41, 5.74) is 0.580. The van der Waals surface area contributed by atoms with Gasteiger partial charge in [0, 0.05) is 5.56 Å². The Morgan fingerprint density at radius 3 is 2.11 bits per heavy atom. The first-order valence-corrected chi connectivity index (χ1v) is 5.89. The highest BCUT2D eigenvalue weighted by Crippen LogP contribution is 2.37. The highest BCUT2D eigenvalue weighted by atomic mass is 16.5. The highest BCUT2D eigenvalue weighted by Gasteiger charge is 2.49. The number of aliphatic imine (C=N–C) groups is 1. The van der Waals surface area contributed by atoms with E-state index in [1.165, 1.54) is 5.06 Å². The summed E-state index contributed by atoms with van der Waals surface area (Å²) >= 11 is 0. The molecule has 0 atom stereocenters. The summed E-state index contributed by atoms with van der Waals surface area (Å²) in [5.74, 6) is 0.550. The van der Waals surface area contributed by atoms with Crippen LogP contribution in [0.4, 0.5) is 0 Å². The molecule has 0 aromatic heterocycles. The first kappa shape index (κ1) is 12.6. The van der Waals surface area contributed by atoms with Gasteiger partial charge in [-0.2, -0.15) is 5.26 Å². The van der Waals surface area contributed by atoms with E-state index in [0.717, 1.165) is 5.56 Å². The van der Waals surface area contributed by atoms with Crippen molar-refractivity contribution in [3.63, 3.8) is 0 Å². The van der Waals surface area contributed by atoms with Gasteiger partial charge in [0.05, 0.1) is 22.7 Å². The number of benzene rings is 1. The quantitative estimate of drug-likeness (QED) is 0.824. The zero-order valence-corrected chi connectivity index (χ0v) is 11.1. The van der Waals surface area contributed by atoms with Crippen molar-refractivity contribution >= 4 is 5.84 Å².